The molecule has 0 unspecified atom stereocenters. The molecular weight excluding hydrogens is 304 g/mol. The molecule has 0 N–H and O–H groups in total. The van der Waals surface area contributed by atoms with Crippen molar-refractivity contribution in [3.8, 4) is 6.07 Å². The van der Waals surface area contributed by atoms with E-state index in [0.717, 1.165) is 19.3 Å². The van der Waals surface area contributed by atoms with E-state index in [-0.39, 0.29) is 11.9 Å². The summed E-state index contributed by atoms with van der Waals surface area (Å²) in [7, 11) is 0. The molecule has 1 amide bonds. The number of carbonyl (C=O) groups excluding carboxylic acids is 1. The van der Waals surface area contributed by atoms with Crippen molar-refractivity contribution in [2.24, 2.45) is 11.8 Å². The Bertz CT molecular complexity index is 648. The predicted octanol–water partition coefficient (Wildman–Crippen LogP) is 2.58. The maximum atomic E-state index is 12.8. The van der Waals surface area contributed by atoms with Crippen LogP contribution in [0.2, 0.25) is 0 Å². The van der Waals surface area contributed by atoms with Gasteiger partial charge in [0.05, 0.1) is 19.3 Å². The van der Waals surface area contributed by atoms with Crippen LogP contribution in [0.25, 0.3) is 0 Å². The number of carbonyl (C=O) groups is 1. The van der Waals surface area contributed by atoms with Crippen LogP contribution in [0.3, 0.4) is 0 Å². The number of hydrogen-bond donors (Lipinski definition) is 0. The fraction of sp³-hybridized carbons (Fsp3) is 0.579. The number of rotatable bonds is 1. The molecule has 3 fully saturated rings. The molecule has 5 nitrogen and oxygen atoms in total. The van der Waals surface area contributed by atoms with Crippen LogP contribution in [-0.4, -0.2) is 42.4 Å². The summed E-state index contributed by atoms with van der Waals surface area (Å²) in [6, 6.07) is 11.2. The van der Waals surface area contributed by atoms with Crippen molar-refractivity contribution in [1.82, 2.24) is 4.90 Å². The van der Waals surface area contributed by atoms with Crippen LogP contribution >= 0.6 is 0 Å². The Morgan fingerprint density at radius 3 is 2.67 bits per heavy atom. The number of likely N-dealkylation sites (tertiary alicyclic amines) is 1. The standard InChI is InChI=1S/C19H22N2O3/c20-12-17-10-16-11-19(23-8-9-24-19)7-6-15(16)13-21(17)18(22)14-4-2-1-3-5-14/h1-5,15-17H,6-11,13H2/t15-,16+,17+/m0/s1. The average Bonchev–Trinajstić information content (AvgIpc) is 3.08. The first kappa shape index (κ1) is 15.6. The van der Waals surface area contributed by atoms with Gasteiger partial charge in [-0.15, -0.1) is 0 Å². The minimum Gasteiger partial charge on any atom is -0.348 e. The van der Waals surface area contributed by atoms with Gasteiger partial charge < -0.3 is 14.4 Å². The fourth-order valence-corrected chi connectivity index (χ4v) is 4.47. The van der Waals surface area contributed by atoms with Crippen LogP contribution in [0.1, 0.15) is 36.0 Å². The van der Waals surface area contributed by atoms with Crippen LogP contribution in [0.4, 0.5) is 0 Å². The van der Waals surface area contributed by atoms with Gasteiger partial charge in [-0.1, -0.05) is 18.2 Å². The van der Waals surface area contributed by atoms with Crippen LogP contribution in [0, 0.1) is 23.2 Å². The molecular formula is C19H22N2O3. The van der Waals surface area contributed by atoms with E-state index < -0.39 is 5.79 Å². The molecule has 2 heterocycles. The molecule has 1 saturated carbocycles. The SMILES string of the molecule is N#C[C@H]1C[C@@H]2CC3(CC[C@H]2CN1C(=O)c1ccccc1)OCCO3. The molecule has 5 heteroatoms. The number of nitrogens with zero attached hydrogens (tertiary/aromatic N) is 2. The van der Waals surface area contributed by atoms with Gasteiger partial charge in [-0.2, -0.15) is 5.26 Å². The Labute approximate surface area is 142 Å². The van der Waals surface area contributed by atoms with E-state index in [1.54, 1.807) is 4.90 Å². The molecule has 4 rings (SSSR count). The molecule has 2 saturated heterocycles. The monoisotopic (exact) mass is 326 g/mol. The largest absolute Gasteiger partial charge is 0.348 e. The van der Waals surface area contributed by atoms with Gasteiger partial charge in [-0.05, 0) is 36.8 Å². The number of nitriles is 1. The van der Waals surface area contributed by atoms with E-state index in [9.17, 15) is 10.1 Å². The Hall–Kier alpha value is -1.90. The minimum atomic E-state index is -0.424. The normalized spacial score (nSPS) is 31.5. The zero-order valence-electron chi connectivity index (χ0n) is 13.7. The highest BCUT2D eigenvalue weighted by Gasteiger charge is 2.49. The third-order valence-electron chi connectivity index (χ3n) is 5.71. The van der Waals surface area contributed by atoms with Crippen molar-refractivity contribution in [1.29, 1.82) is 5.26 Å². The van der Waals surface area contributed by atoms with Crippen molar-refractivity contribution >= 4 is 5.91 Å². The van der Waals surface area contributed by atoms with Gasteiger partial charge in [0, 0.05) is 24.9 Å². The topological polar surface area (TPSA) is 62.6 Å². The summed E-state index contributed by atoms with van der Waals surface area (Å²) in [5.74, 6) is 0.364. The van der Waals surface area contributed by atoms with E-state index >= 15 is 0 Å². The minimum absolute atomic E-state index is 0.0331. The van der Waals surface area contributed by atoms with Crippen molar-refractivity contribution < 1.29 is 14.3 Å². The van der Waals surface area contributed by atoms with E-state index in [1.807, 2.05) is 30.3 Å². The lowest BCUT2D eigenvalue weighted by Crippen LogP contribution is -2.53. The van der Waals surface area contributed by atoms with Crippen molar-refractivity contribution in [3.63, 3.8) is 0 Å². The molecule has 1 aliphatic carbocycles. The molecule has 0 bridgehead atoms. The number of amides is 1. The Balaban J connectivity index is 1.51. The lowest BCUT2D eigenvalue weighted by atomic mass is 9.70. The van der Waals surface area contributed by atoms with Gasteiger partial charge in [0.25, 0.3) is 5.91 Å². The summed E-state index contributed by atoms with van der Waals surface area (Å²) < 4.78 is 11.7. The van der Waals surface area contributed by atoms with Gasteiger partial charge >= 0.3 is 0 Å². The highest BCUT2D eigenvalue weighted by Crippen LogP contribution is 2.46. The lowest BCUT2D eigenvalue weighted by Gasteiger charge is -2.48. The molecule has 3 atom stereocenters. The third-order valence-corrected chi connectivity index (χ3v) is 5.71. The number of hydrogen-bond acceptors (Lipinski definition) is 4. The molecule has 1 aromatic rings. The van der Waals surface area contributed by atoms with Gasteiger partial charge in [-0.25, -0.2) is 0 Å². The summed E-state index contributed by atoms with van der Waals surface area (Å²) in [6.45, 7) is 1.99. The highest BCUT2D eigenvalue weighted by atomic mass is 16.7. The first-order chi connectivity index (χ1) is 11.7. The molecule has 0 aromatic heterocycles. The second kappa shape index (κ2) is 6.19. The van der Waals surface area contributed by atoms with Crippen molar-refractivity contribution in [2.75, 3.05) is 19.8 Å². The molecule has 2 aliphatic heterocycles. The third kappa shape index (κ3) is 2.70. The molecule has 1 aromatic carbocycles. The van der Waals surface area contributed by atoms with E-state index in [1.165, 1.54) is 0 Å². The highest BCUT2D eigenvalue weighted by molar-refractivity contribution is 5.94. The van der Waals surface area contributed by atoms with Crippen molar-refractivity contribution in [2.45, 2.75) is 37.5 Å². The first-order valence-electron chi connectivity index (χ1n) is 8.74. The zero-order valence-corrected chi connectivity index (χ0v) is 13.7. The maximum Gasteiger partial charge on any atom is 0.254 e. The lowest BCUT2D eigenvalue weighted by molar-refractivity contribution is -0.200. The number of fused-ring (bicyclic) bond motifs is 1. The second-order valence-electron chi connectivity index (χ2n) is 7.07. The predicted molar refractivity (Wildman–Crippen MR) is 87.0 cm³/mol. The van der Waals surface area contributed by atoms with E-state index in [2.05, 4.69) is 6.07 Å². The summed E-state index contributed by atoms with van der Waals surface area (Å²) in [5.41, 5.74) is 0.658. The number of benzene rings is 1. The molecule has 3 aliphatic rings. The summed E-state index contributed by atoms with van der Waals surface area (Å²) in [4.78, 5) is 14.6. The number of ether oxygens (including phenoxy) is 2. The quantitative estimate of drug-likeness (QED) is 0.796. The van der Waals surface area contributed by atoms with Crippen LogP contribution in [-0.2, 0) is 9.47 Å². The molecule has 0 radical (unpaired) electrons. The Morgan fingerprint density at radius 1 is 1.21 bits per heavy atom. The molecule has 1 spiro atoms. The maximum absolute atomic E-state index is 12.8. The Morgan fingerprint density at radius 2 is 1.96 bits per heavy atom. The first-order valence-corrected chi connectivity index (χ1v) is 8.74. The summed E-state index contributed by atoms with van der Waals surface area (Å²) in [6.07, 6.45) is 3.44. The second-order valence-corrected chi connectivity index (χ2v) is 7.07. The zero-order chi connectivity index (χ0) is 16.6. The average molecular weight is 326 g/mol. The summed E-state index contributed by atoms with van der Waals surface area (Å²) >= 11 is 0. The van der Waals surface area contributed by atoms with Crippen LogP contribution in [0.5, 0.6) is 0 Å². The van der Waals surface area contributed by atoms with Gasteiger partial charge in [0.2, 0.25) is 0 Å². The van der Waals surface area contributed by atoms with Gasteiger partial charge in [0.1, 0.15) is 6.04 Å². The van der Waals surface area contributed by atoms with Gasteiger partial charge in [-0.3, -0.25) is 4.79 Å². The number of piperidine rings is 1. The van der Waals surface area contributed by atoms with Crippen molar-refractivity contribution in [3.05, 3.63) is 35.9 Å². The Kier molecular flexibility index (Phi) is 4.03. The smallest absolute Gasteiger partial charge is 0.254 e. The van der Waals surface area contributed by atoms with Gasteiger partial charge in [0.15, 0.2) is 5.79 Å². The van der Waals surface area contributed by atoms with Crippen LogP contribution < -0.4 is 0 Å². The van der Waals surface area contributed by atoms with E-state index in [4.69, 9.17) is 9.47 Å². The summed E-state index contributed by atoms with van der Waals surface area (Å²) in [5, 5.41) is 9.60. The molecule has 24 heavy (non-hydrogen) atoms. The molecule has 126 valence electrons. The fourth-order valence-electron chi connectivity index (χ4n) is 4.47. The van der Waals surface area contributed by atoms with E-state index in [0.29, 0.717) is 43.6 Å². The van der Waals surface area contributed by atoms with Crippen LogP contribution in [0.15, 0.2) is 30.3 Å².